The number of aliphatic hydroxyl groups is 1. The van der Waals surface area contributed by atoms with Gasteiger partial charge < -0.3 is 19.9 Å². The molecule has 1 aromatic heterocycles. The lowest BCUT2D eigenvalue weighted by atomic mass is 9.57. The summed E-state index contributed by atoms with van der Waals surface area (Å²) in [6, 6.07) is 10.0. The van der Waals surface area contributed by atoms with E-state index < -0.39 is 5.82 Å². The number of aromatic nitrogens is 2. The van der Waals surface area contributed by atoms with E-state index in [4.69, 9.17) is 14.8 Å². The molecule has 0 unspecified atom stereocenters. The smallest absolute Gasteiger partial charge is 0.182 e. The number of hydrogen-bond donors (Lipinski definition) is 3. The Morgan fingerprint density at radius 2 is 2.00 bits per heavy atom. The molecule has 2 fully saturated rings. The number of halogens is 1. The minimum absolute atomic E-state index is 0.000263. The van der Waals surface area contributed by atoms with E-state index in [1.54, 1.807) is 29.6 Å². The predicted molar refractivity (Wildman–Crippen MR) is 150 cm³/mol. The molecule has 38 heavy (non-hydrogen) atoms. The monoisotopic (exact) mass is 538 g/mol. The number of likely N-dealkylation sites (N-methyl/N-ethyl adjacent to an activating group) is 1. The summed E-state index contributed by atoms with van der Waals surface area (Å²) in [5.41, 5.74) is 3.34. The Hall–Kier alpha value is -2.97. The zero-order valence-corrected chi connectivity index (χ0v) is 22.9. The maximum atomic E-state index is 14.7. The van der Waals surface area contributed by atoms with E-state index in [1.807, 2.05) is 26.1 Å². The molecule has 0 atom stereocenters. The molecule has 0 bridgehead atoms. The summed E-state index contributed by atoms with van der Waals surface area (Å²) in [7, 11) is 1.79. The van der Waals surface area contributed by atoms with Crippen molar-refractivity contribution in [1.29, 1.82) is 5.26 Å². The quantitative estimate of drug-likeness (QED) is 0.316. The van der Waals surface area contributed by atoms with Crippen LogP contribution >= 0.6 is 12.1 Å². The van der Waals surface area contributed by atoms with E-state index in [-0.39, 0.29) is 17.9 Å². The summed E-state index contributed by atoms with van der Waals surface area (Å²) in [6.45, 7) is 6.61. The van der Waals surface area contributed by atoms with Crippen LogP contribution in [0.15, 0.2) is 36.5 Å². The summed E-state index contributed by atoms with van der Waals surface area (Å²) in [5.74, 6) is 0.0158. The second-order valence-electron chi connectivity index (χ2n) is 9.58. The largest absolute Gasteiger partial charge is 0.453 e. The van der Waals surface area contributed by atoms with Crippen LogP contribution in [0.3, 0.4) is 0 Å². The summed E-state index contributed by atoms with van der Waals surface area (Å²) in [5, 5.41) is 22.3. The summed E-state index contributed by atoms with van der Waals surface area (Å²) >= 11 is 1.20. The molecule has 1 saturated heterocycles. The Morgan fingerprint density at radius 3 is 2.71 bits per heavy atom. The first-order valence-corrected chi connectivity index (χ1v) is 13.9. The normalized spacial score (nSPS) is 16.4. The number of hydrogen-bond acceptors (Lipinski definition) is 9. The third-order valence-electron chi connectivity index (χ3n) is 7.14. The second-order valence-corrected chi connectivity index (χ2v) is 10.6. The van der Waals surface area contributed by atoms with Gasteiger partial charge in [-0.25, -0.2) is 13.7 Å². The minimum Gasteiger partial charge on any atom is -0.453 e. The Labute approximate surface area is 227 Å². The Morgan fingerprint density at radius 1 is 1.24 bits per heavy atom. The average Bonchev–Trinajstić information content (AvgIpc) is 2.93. The van der Waals surface area contributed by atoms with Crippen molar-refractivity contribution in [3.63, 3.8) is 0 Å². The molecule has 1 aliphatic heterocycles. The first-order valence-electron chi connectivity index (χ1n) is 13.1. The van der Waals surface area contributed by atoms with Crippen molar-refractivity contribution in [3.8, 4) is 17.6 Å². The van der Waals surface area contributed by atoms with Crippen LogP contribution in [-0.4, -0.2) is 52.7 Å². The van der Waals surface area contributed by atoms with Crippen LogP contribution in [0.25, 0.3) is 11.0 Å². The van der Waals surface area contributed by atoms with Crippen molar-refractivity contribution >= 4 is 28.9 Å². The highest BCUT2D eigenvalue weighted by molar-refractivity contribution is 7.98. The molecule has 1 aliphatic carbocycles. The van der Waals surface area contributed by atoms with Crippen LogP contribution in [0.2, 0.25) is 0 Å². The Bertz CT molecular complexity index is 1290. The Kier molecular flexibility index (Phi) is 9.39. The van der Waals surface area contributed by atoms with Crippen LogP contribution in [0.4, 0.5) is 10.1 Å². The Balaban J connectivity index is 0.00000164. The lowest BCUT2D eigenvalue weighted by Gasteiger charge is -2.50. The molecule has 2 aliphatic rings. The number of ether oxygens (including phenoxy) is 1. The average molecular weight is 539 g/mol. The first kappa shape index (κ1) is 28.0. The van der Waals surface area contributed by atoms with Crippen molar-refractivity contribution in [2.24, 2.45) is 5.41 Å². The van der Waals surface area contributed by atoms with Gasteiger partial charge in [-0.2, -0.15) is 5.26 Å². The van der Waals surface area contributed by atoms with Gasteiger partial charge in [0.05, 0.1) is 29.0 Å². The number of anilines is 1. The molecular formula is C28H35FN6O2S. The fourth-order valence-electron chi connectivity index (χ4n) is 5.11. The van der Waals surface area contributed by atoms with Crippen LogP contribution in [0, 0.1) is 22.6 Å². The number of benzene rings is 2. The van der Waals surface area contributed by atoms with Gasteiger partial charge in [-0.05, 0) is 75.5 Å². The number of rotatable bonds is 8. The lowest BCUT2D eigenvalue weighted by molar-refractivity contribution is 0.0586. The van der Waals surface area contributed by atoms with Gasteiger partial charge >= 0.3 is 0 Å². The molecule has 2 aromatic carbocycles. The fraction of sp³-hybridized carbons (Fsp3) is 0.464. The zero-order valence-electron chi connectivity index (χ0n) is 22.1. The molecule has 10 heteroatoms. The SMILES string of the molecule is CC.CN(CCO)SNc1ccc(F)c(Oc2ccc3ncc(C4CC5(CCNCC5)C4)nc3c2)c1C#N. The molecule has 202 valence electrons. The maximum absolute atomic E-state index is 14.7. The highest BCUT2D eigenvalue weighted by Crippen LogP contribution is 2.55. The van der Waals surface area contributed by atoms with E-state index in [1.165, 1.54) is 37.1 Å². The van der Waals surface area contributed by atoms with E-state index in [0.717, 1.165) is 37.1 Å². The van der Waals surface area contributed by atoms with Crippen LogP contribution in [0.1, 0.15) is 56.7 Å². The minimum atomic E-state index is -0.632. The van der Waals surface area contributed by atoms with E-state index in [0.29, 0.717) is 34.8 Å². The van der Waals surface area contributed by atoms with Gasteiger partial charge in [0.2, 0.25) is 0 Å². The zero-order chi connectivity index (χ0) is 27.1. The van der Waals surface area contributed by atoms with Crippen molar-refractivity contribution in [1.82, 2.24) is 19.6 Å². The van der Waals surface area contributed by atoms with E-state index in [2.05, 4.69) is 15.0 Å². The highest BCUT2D eigenvalue weighted by atomic mass is 32.2. The van der Waals surface area contributed by atoms with Gasteiger partial charge in [0, 0.05) is 36.9 Å². The third-order valence-corrected chi connectivity index (χ3v) is 7.95. The van der Waals surface area contributed by atoms with E-state index >= 15 is 0 Å². The standard InChI is InChI=1S/C26H29FN6O2S.C2H6/c1-33(10-11-34)36-32-21-5-3-20(27)25(19(21)15-28)35-18-2-4-22-23(12-18)31-24(16-30-22)17-13-26(14-17)6-8-29-9-7-26;1-2/h2-5,12,16-17,29,32,34H,6-11,13-14H2,1H3;1-2H3. The molecule has 1 saturated carbocycles. The van der Waals surface area contributed by atoms with Gasteiger partial charge in [0.1, 0.15) is 17.4 Å². The topological polar surface area (TPSA) is 106 Å². The van der Waals surface area contributed by atoms with Crippen molar-refractivity contribution in [3.05, 3.63) is 53.6 Å². The van der Waals surface area contributed by atoms with Gasteiger partial charge in [-0.3, -0.25) is 4.98 Å². The van der Waals surface area contributed by atoms with Gasteiger partial charge in [0.25, 0.3) is 0 Å². The molecule has 2 heterocycles. The van der Waals surface area contributed by atoms with Crippen molar-refractivity contribution < 1.29 is 14.2 Å². The van der Waals surface area contributed by atoms with Crippen LogP contribution in [-0.2, 0) is 0 Å². The maximum Gasteiger partial charge on any atom is 0.182 e. The molecule has 0 amide bonds. The number of nitrogens with zero attached hydrogens (tertiary/aromatic N) is 4. The number of nitrogens with one attached hydrogen (secondary N) is 2. The van der Waals surface area contributed by atoms with Crippen LogP contribution in [0.5, 0.6) is 11.5 Å². The summed E-state index contributed by atoms with van der Waals surface area (Å²) < 4.78 is 25.4. The molecule has 1 spiro atoms. The number of piperidine rings is 1. The second kappa shape index (κ2) is 12.7. The number of aliphatic hydroxyl groups excluding tert-OH is 1. The molecule has 3 aromatic rings. The van der Waals surface area contributed by atoms with E-state index in [9.17, 15) is 9.65 Å². The third kappa shape index (κ3) is 6.18. The predicted octanol–water partition coefficient (Wildman–Crippen LogP) is 5.61. The van der Waals surface area contributed by atoms with Gasteiger partial charge in [0.15, 0.2) is 11.6 Å². The molecular weight excluding hydrogens is 503 g/mol. The molecule has 3 N–H and O–H groups in total. The molecule has 0 radical (unpaired) electrons. The first-order chi connectivity index (χ1) is 18.5. The summed E-state index contributed by atoms with van der Waals surface area (Å²) in [6.07, 6.45) is 6.61. The number of fused-ring (bicyclic) bond motifs is 1. The lowest BCUT2D eigenvalue weighted by Crippen LogP contribution is -2.44. The van der Waals surface area contributed by atoms with Crippen molar-refractivity contribution in [2.75, 3.05) is 38.0 Å². The number of nitriles is 1. The highest BCUT2D eigenvalue weighted by Gasteiger charge is 2.45. The van der Waals surface area contributed by atoms with Gasteiger partial charge in [-0.15, -0.1) is 0 Å². The fourth-order valence-corrected chi connectivity index (χ4v) is 5.71. The van der Waals surface area contributed by atoms with Crippen molar-refractivity contribution in [2.45, 2.75) is 45.4 Å². The van der Waals surface area contributed by atoms with Crippen LogP contribution < -0.4 is 14.8 Å². The summed E-state index contributed by atoms with van der Waals surface area (Å²) in [4.78, 5) is 9.46. The molecule has 5 rings (SSSR count). The van der Waals surface area contributed by atoms with Gasteiger partial charge in [-0.1, -0.05) is 13.8 Å². The molecule has 8 nitrogen and oxygen atoms in total.